The summed E-state index contributed by atoms with van der Waals surface area (Å²) in [5.41, 5.74) is -0.269. The fourth-order valence-electron chi connectivity index (χ4n) is 3.68. The highest BCUT2D eigenvalue weighted by Crippen LogP contribution is 2.42. The van der Waals surface area contributed by atoms with E-state index in [0.29, 0.717) is 6.42 Å². The molecule has 5 atom stereocenters. The summed E-state index contributed by atoms with van der Waals surface area (Å²) in [6.07, 6.45) is 0.680. The number of fused-ring (bicyclic) bond motifs is 3. The molecule has 0 saturated carbocycles. The van der Waals surface area contributed by atoms with Crippen molar-refractivity contribution in [1.82, 2.24) is 5.06 Å². The minimum atomic E-state index is -0.435. The van der Waals surface area contributed by atoms with Crippen LogP contribution in [0.3, 0.4) is 0 Å². The molecule has 3 saturated heterocycles. The molecular formula is C16H25NO6. The van der Waals surface area contributed by atoms with E-state index in [-0.39, 0.29) is 48.3 Å². The molecule has 3 aliphatic heterocycles. The average molecular weight is 327 g/mol. The van der Waals surface area contributed by atoms with Gasteiger partial charge in [0.25, 0.3) is 0 Å². The van der Waals surface area contributed by atoms with Crippen LogP contribution in [0.2, 0.25) is 0 Å². The van der Waals surface area contributed by atoms with Gasteiger partial charge in [-0.2, -0.15) is 5.06 Å². The third-order valence-corrected chi connectivity index (χ3v) is 4.41. The lowest BCUT2D eigenvalue weighted by atomic mass is 9.87. The fraction of sp³-hybridized carbons (Fsp3) is 0.875. The van der Waals surface area contributed by atoms with Crippen molar-refractivity contribution in [3.05, 3.63) is 0 Å². The summed E-state index contributed by atoms with van der Waals surface area (Å²) in [6.45, 7) is 8.20. The lowest BCUT2D eigenvalue weighted by Gasteiger charge is -2.33. The van der Waals surface area contributed by atoms with E-state index < -0.39 is 6.10 Å². The standard InChI is InChI=1S/C16H25NO6/c1-9(18)20-8-10-7-12-13(15(19)21-10)14-11(22-16(2,3)4)5-6-17(14)23-12/h10-14H,5-8H2,1-4H3/t10-,11-,12+,13-,14+/m0/s1. The fourth-order valence-corrected chi connectivity index (χ4v) is 3.68. The van der Waals surface area contributed by atoms with E-state index in [2.05, 4.69) is 0 Å². The zero-order valence-electron chi connectivity index (χ0n) is 14.1. The molecule has 0 aromatic carbocycles. The van der Waals surface area contributed by atoms with Crippen LogP contribution in [0.1, 0.15) is 40.5 Å². The van der Waals surface area contributed by atoms with E-state index >= 15 is 0 Å². The van der Waals surface area contributed by atoms with E-state index in [1.807, 2.05) is 25.8 Å². The van der Waals surface area contributed by atoms with E-state index in [0.717, 1.165) is 13.0 Å². The van der Waals surface area contributed by atoms with E-state index in [9.17, 15) is 9.59 Å². The number of hydroxylamine groups is 2. The number of carbonyl (C=O) groups is 2. The van der Waals surface area contributed by atoms with Gasteiger partial charge in [-0.25, -0.2) is 0 Å². The number of hydrogen-bond donors (Lipinski definition) is 0. The summed E-state index contributed by atoms with van der Waals surface area (Å²) in [7, 11) is 0. The highest BCUT2D eigenvalue weighted by molar-refractivity contribution is 5.75. The van der Waals surface area contributed by atoms with Gasteiger partial charge in [-0.15, -0.1) is 0 Å². The molecule has 0 unspecified atom stereocenters. The molecule has 0 spiro atoms. The highest BCUT2D eigenvalue weighted by atomic mass is 16.7. The van der Waals surface area contributed by atoms with E-state index in [1.165, 1.54) is 6.92 Å². The average Bonchev–Trinajstić information content (AvgIpc) is 2.94. The second-order valence-corrected chi connectivity index (χ2v) is 7.46. The minimum absolute atomic E-state index is 0.0393. The SMILES string of the molecule is CC(=O)OC[C@@H]1C[C@H]2ON3CC[C@H](OC(C)(C)C)[C@@H]3[C@H]2C(=O)O1. The number of rotatable bonds is 3. The molecule has 130 valence electrons. The molecular weight excluding hydrogens is 302 g/mol. The van der Waals surface area contributed by atoms with Crippen LogP contribution in [0.5, 0.6) is 0 Å². The molecule has 0 aromatic rings. The summed E-state index contributed by atoms with van der Waals surface area (Å²) in [6, 6.07) is -0.0959. The second kappa shape index (κ2) is 6.03. The van der Waals surface area contributed by atoms with Gasteiger partial charge in [0.05, 0.1) is 23.9 Å². The number of ether oxygens (including phenoxy) is 3. The number of carbonyl (C=O) groups excluding carboxylic acids is 2. The Balaban J connectivity index is 1.67. The third-order valence-electron chi connectivity index (χ3n) is 4.41. The lowest BCUT2D eigenvalue weighted by molar-refractivity contribution is -0.187. The van der Waals surface area contributed by atoms with Crippen molar-refractivity contribution in [2.75, 3.05) is 13.2 Å². The predicted molar refractivity (Wildman–Crippen MR) is 79.2 cm³/mol. The van der Waals surface area contributed by atoms with Crippen LogP contribution >= 0.6 is 0 Å². The zero-order valence-corrected chi connectivity index (χ0v) is 14.1. The van der Waals surface area contributed by atoms with Crippen molar-refractivity contribution < 1.29 is 28.6 Å². The van der Waals surface area contributed by atoms with Gasteiger partial charge in [-0.1, -0.05) is 0 Å². The number of esters is 2. The molecule has 0 amide bonds. The van der Waals surface area contributed by atoms with Crippen molar-refractivity contribution >= 4 is 11.9 Å². The van der Waals surface area contributed by atoms with Gasteiger partial charge in [0.2, 0.25) is 0 Å². The minimum Gasteiger partial charge on any atom is -0.462 e. The Kier molecular flexibility index (Phi) is 4.37. The molecule has 7 nitrogen and oxygen atoms in total. The monoisotopic (exact) mass is 327 g/mol. The van der Waals surface area contributed by atoms with Gasteiger partial charge in [-0.3, -0.25) is 14.4 Å². The summed E-state index contributed by atoms with van der Waals surface area (Å²) in [5, 5.41) is 1.88. The van der Waals surface area contributed by atoms with Crippen molar-refractivity contribution in [2.45, 2.75) is 70.5 Å². The van der Waals surface area contributed by atoms with Gasteiger partial charge in [-0.05, 0) is 27.2 Å². The van der Waals surface area contributed by atoms with Gasteiger partial charge < -0.3 is 14.2 Å². The molecule has 0 aliphatic carbocycles. The molecule has 3 fully saturated rings. The lowest BCUT2D eigenvalue weighted by Crippen LogP contribution is -2.48. The number of cyclic esters (lactones) is 1. The van der Waals surface area contributed by atoms with Crippen molar-refractivity contribution in [3.8, 4) is 0 Å². The largest absolute Gasteiger partial charge is 0.462 e. The third kappa shape index (κ3) is 3.51. The maximum atomic E-state index is 12.5. The van der Waals surface area contributed by atoms with Crippen molar-refractivity contribution in [1.29, 1.82) is 0 Å². The first-order chi connectivity index (χ1) is 10.7. The second-order valence-electron chi connectivity index (χ2n) is 7.46. The van der Waals surface area contributed by atoms with Crippen molar-refractivity contribution in [3.63, 3.8) is 0 Å². The van der Waals surface area contributed by atoms with Gasteiger partial charge >= 0.3 is 11.9 Å². The van der Waals surface area contributed by atoms with Crippen LogP contribution < -0.4 is 0 Å². The summed E-state index contributed by atoms with van der Waals surface area (Å²) >= 11 is 0. The molecule has 3 heterocycles. The molecule has 3 rings (SSSR count). The van der Waals surface area contributed by atoms with Crippen LogP contribution in [0.25, 0.3) is 0 Å². The Hall–Kier alpha value is -1.18. The van der Waals surface area contributed by atoms with Crippen LogP contribution in [0.15, 0.2) is 0 Å². The first-order valence-electron chi connectivity index (χ1n) is 8.20. The molecule has 0 bridgehead atoms. The first kappa shape index (κ1) is 16.7. The molecule has 0 aromatic heterocycles. The number of hydrogen-bond acceptors (Lipinski definition) is 7. The maximum Gasteiger partial charge on any atom is 0.313 e. The van der Waals surface area contributed by atoms with Gasteiger partial charge in [0, 0.05) is 19.9 Å². The summed E-state index contributed by atoms with van der Waals surface area (Å²) in [4.78, 5) is 29.3. The molecule has 3 aliphatic rings. The van der Waals surface area contributed by atoms with Crippen LogP contribution in [-0.2, 0) is 28.6 Å². The quantitative estimate of drug-likeness (QED) is 0.717. The van der Waals surface area contributed by atoms with E-state index in [1.54, 1.807) is 0 Å². The first-order valence-corrected chi connectivity index (χ1v) is 8.20. The zero-order chi connectivity index (χ0) is 16.8. The smallest absolute Gasteiger partial charge is 0.313 e. The number of nitrogens with zero attached hydrogens (tertiary/aromatic N) is 1. The van der Waals surface area contributed by atoms with Crippen LogP contribution in [0.4, 0.5) is 0 Å². The summed E-state index contributed by atoms with van der Waals surface area (Å²) in [5.74, 6) is -0.997. The topological polar surface area (TPSA) is 74.3 Å². The maximum absolute atomic E-state index is 12.5. The van der Waals surface area contributed by atoms with Crippen LogP contribution in [-0.4, -0.2) is 60.1 Å². The molecule has 23 heavy (non-hydrogen) atoms. The predicted octanol–water partition coefficient (Wildman–Crippen LogP) is 1.05. The highest BCUT2D eigenvalue weighted by Gasteiger charge is 2.58. The summed E-state index contributed by atoms with van der Waals surface area (Å²) < 4.78 is 16.5. The Labute approximate surface area is 136 Å². The van der Waals surface area contributed by atoms with Gasteiger partial charge in [0.1, 0.15) is 18.6 Å². The van der Waals surface area contributed by atoms with Crippen molar-refractivity contribution in [2.24, 2.45) is 5.92 Å². The van der Waals surface area contributed by atoms with E-state index in [4.69, 9.17) is 19.0 Å². The van der Waals surface area contributed by atoms with Crippen LogP contribution in [0, 0.1) is 5.92 Å². The molecule has 0 N–H and O–H groups in total. The molecule has 7 heteroatoms. The Morgan fingerprint density at radius 3 is 2.78 bits per heavy atom. The Bertz CT molecular complexity index is 487. The Morgan fingerprint density at radius 2 is 2.13 bits per heavy atom. The molecule has 0 radical (unpaired) electrons. The normalized spacial score (nSPS) is 37.2. The Morgan fingerprint density at radius 1 is 1.39 bits per heavy atom. The van der Waals surface area contributed by atoms with Gasteiger partial charge in [0.15, 0.2) is 0 Å².